The molecule has 0 atom stereocenters. The van der Waals surface area contributed by atoms with Crippen LogP contribution in [0.1, 0.15) is 24.3 Å². The van der Waals surface area contributed by atoms with Crippen molar-refractivity contribution >= 4 is 31.6 Å². The van der Waals surface area contributed by atoms with Crippen LogP contribution in [0.4, 0.5) is 0 Å². The van der Waals surface area contributed by atoms with Gasteiger partial charge in [0.05, 0.1) is 4.90 Å². The third kappa shape index (κ3) is 3.45. The first-order chi connectivity index (χ1) is 16.5. The van der Waals surface area contributed by atoms with Crippen LogP contribution in [0, 0.1) is 0 Å². The molecule has 6 heteroatoms. The summed E-state index contributed by atoms with van der Waals surface area (Å²) in [5, 5.41) is 2.34. The molecule has 172 valence electrons. The van der Waals surface area contributed by atoms with E-state index in [-0.39, 0.29) is 9.92 Å². The van der Waals surface area contributed by atoms with Crippen LogP contribution in [0.15, 0.2) is 88.9 Å². The Morgan fingerprint density at radius 3 is 2.38 bits per heavy atom. The van der Waals surface area contributed by atoms with E-state index in [1.54, 1.807) is 24.3 Å². The van der Waals surface area contributed by atoms with Gasteiger partial charge in [0.1, 0.15) is 5.03 Å². The standard InChI is InChI=1S/C28H27N3O2S/c1-31-15-13-19(14-16-31)24-18-29-25-12-11-20(17-23(24)25)27-22-9-5-6-10-26(22)30-28(27)34(32,33)21-7-3-2-4-8-21/h2-12,17-19,29-30H,13-16H2,1H3. The normalized spacial score (nSPS) is 15.9. The lowest BCUT2D eigenvalue weighted by molar-refractivity contribution is 0.256. The van der Waals surface area contributed by atoms with Crippen molar-refractivity contribution in [3.8, 4) is 11.1 Å². The van der Waals surface area contributed by atoms with E-state index < -0.39 is 9.84 Å². The van der Waals surface area contributed by atoms with Crippen LogP contribution in [0.5, 0.6) is 0 Å². The molecule has 1 saturated heterocycles. The predicted octanol–water partition coefficient (Wildman–Crippen LogP) is 5.96. The van der Waals surface area contributed by atoms with Gasteiger partial charge in [0.25, 0.3) is 0 Å². The lowest BCUT2D eigenvalue weighted by atomic mass is 9.88. The zero-order chi connectivity index (χ0) is 23.3. The van der Waals surface area contributed by atoms with Crippen molar-refractivity contribution in [1.29, 1.82) is 0 Å². The molecule has 1 aliphatic rings. The molecule has 0 unspecified atom stereocenters. The third-order valence-electron chi connectivity index (χ3n) is 7.15. The van der Waals surface area contributed by atoms with Gasteiger partial charge in [-0.3, -0.25) is 0 Å². The molecule has 1 aliphatic heterocycles. The van der Waals surface area contributed by atoms with E-state index in [2.05, 4.69) is 40.2 Å². The van der Waals surface area contributed by atoms with E-state index in [0.29, 0.717) is 5.92 Å². The van der Waals surface area contributed by atoms with E-state index in [1.165, 1.54) is 10.9 Å². The summed E-state index contributed by atoms with van der Waals surface area (Å²) < 4.78 is 27.4. The number of nitrogens with zero attached hydrogens (tertiary/aromatic N) is 1. The van der Waals surface area contributed by atoms with Crippen LogP contribution in [0.3, 0.4) is 0 Å². The fourth-order valence-electron chi connectivity index (χ4n) is 5.28. The second-order valence-electron chi connectivity index (χ2n) is 9.27. The second kappa shape index (κ2) is 8.15. The molecule has 5 aromatic rings. The van der Waals surface area contributed by atoms with E-state index in [9.17, 15) is 8.42 Å². The minimum absolute atomic E-state index is 0.246. The lowest BCUT2D eigenvalue weighted by Gasteiger charge is -2.28. The number of hydrogen-bond acceptors (Lipinski definition) is 3. The summed E-state index contributed by atoms with van der Waals surface area (Å²) in [5.41, 5.74) is 4.88. The van der Waals surface area contributed by atoms with Gasteiger partial charge in [-0.1, -0.05) is 42.5 Å². The Bertz CT molecular complexity index is 1590. The Hall–Kier alpha value is -3.35. The van der Waals surface area contributed by atoms with Crippen molar-refractivity contribution in [2.24, 2.45) is 0 Å². The van der Waals surface area contributed by atoms with Gasteiger partial charge in [-0.05, 0) is 80.4 Å². The maximum atomic E-state index is 13.7. The number of sulfone groups is 1. The second-order valence-corrected chi connectivity index (χ2v) is 11.2. The lowest BCUT2D eigenvalue weighted by Crippen LogP contribution is -2.29. The van der Waals surface area contributed by atoms with E-state index in [4.69, 9.17) is 0 Å². The topological polar surface area (TPSA) is 69.0 Å². The average molecular weight is 470 g/mol. The third-order valence-corrected chi connectivity index (χ3v) is 8.89. The first-order valence-electron chi connectivity index (χ1n) is 11.7. The SMILES string of the molecule is CN1CCC(c2c[nH]c3ccc(-c4c(S(=O)(=O)c5ccccc5)[nH]c5ccccc45)cc23)CC1. The Balaban J connectivity index is 1.55. The first-order valence-corrected chi connectivity index (χ1v) is 13.2. The number of nitrogens with one attached hydrogen (secondary N) is 2. The van der Waals surface area contributed by atoms with Gasteiger partial charge in [0.15, 0.2) is 0 Å². The summed E-state index contributed by atoms with van der Waals surface area (Å²) in [7, 11) is -1.55. The number of fused-ring (bicyclic) bond motifs is 2. The quantitative estimate of drug-likeness (QED) is 0.341. The van der Waals surface area contributed by atoms with Crippen LogP contribution in [0.2, 0.25) is 0 Å². The van der Waals surface area contributed by atoms with Gasteiger partial charge in [0, 0.05) is 33.6 Å². The molecule has 6 rings (SSSR count). The highest BCUT2D eigenvalue weighted by molar-refractivity contribution is 7.91. The highest BCUT2D eigenvalue weighted by Crippen LogP contribution is 2.40. The van der Waals surface area contributed by atoms with Crippen molar-refractivity contribution in [1.82, 2.24) is 14.9 Å². The molecule has 0 radical (unpaired) electrons. The van der Waals surface area contributed by atoms with Crippen molar-refractivity contribution in [3.05, 3.63) is 84.6 Å². The predicted molar refractivity (Wildman–Crippen MR) is 137 cm³/mol. The van der Waals surface area contributed by atoms with E-state index >= 15 is 0 Å². The number of hydrogen-bond donors (Lipinski definition) is 2. The van der Waals surface area contributed by atoms with Crippen LogP contribution < -0.4 is 0 Å². The molecular formula is C28H27N3O2S. The van der Waals surface area contributed by atoms with E-state index in [1.807, 2.05) is 36.4 Å². The number of H-pyrrole nitrogens is 2. The number of benzene rings is 3. The molecule has 0 aliphatic carbocycles. The summed E-state index contributed by atoms with van der Waals surface area (Å²) in [6, 6.07) is 22.7. The first kappa shape index (κ1) is 21.2. The monoisotopic (exact) mass is 469 g/mol. The van der Waals surface area contributed by atoms with Gasteiger partial charge in [-0.25, -0.2) is 8.42 Å². The van der Waals surface area contributed by atoms with Crippen molar-refractivity contribution < 1.29 is 8.42 Å². The minimum Gasteiger partial charge on any atom is -0.361 e. The van der Waals surface area contributed by atoms with Gasteiger partial charge < -0.3 is 14.9 Å². The zero-order valence-electron chi connectivity index (χ0n) is 19.1. The number of aromatic nitrogens is 2. The van der Waals surface area contributed by atoms with Crippen molar-refractivity contribution in [2.45, 2.75) is 28.7 Å². The molecule has 3 heterocycles. The number of aromatic amines is 2. The molecule has 2 N–H and O–H groups in total. The molecule has 0 amide bonds. The highest BCUT2D eigenvalue weighted by atomic mass is 32.2. The Labute approximate surface area is 199 Å². The van der Waals surface area contributed by atoms with E-state index in [0.717, 1.165) is 53.5 Å². The smallest absolute Gasteiger partial charge is 0.222 e. The molecule has 34 heavy (non-hydrogen) atoms. The number of piperidine rings is 1. The molecule has 0 bridgehead atoms. The Kier molecular flexibility index (Phi) is 5.08. The molecule has 2 aromatic heterocycles. The molecule has 1 fully saturated rings. The summed E-state index contributed by atoms with van der Waals surface area (Å²) >= 11 is 0. The highest BCUT2D eigenvalue weighted by Gasteiger charge is 2.27. The Morgan fingerprint density at radius 1 is 0.853 bits per heavy atom. The number of para-hydroxylation sites is 1. The fourth-order valence-corrected chi connectivity index (χ4v) is 6.77. The van der Waals surface area contributed by atoms with Gasteiger partial charge >= 0.3 is 0 Å². The molecular weight excluding hydrogens is 442 g/mol. The zero-order valence-corrected chi connectivity index (χ0v) is 19.9. The van der Waals surface area contributed by atoms with Crippen LogP contribution in [-0.2, 0) is 9.84 Å². The largest absolute Gasteiger partial charge is 0.361 e. The summed E-state index contributed by atoms with van der Waals surface area (Å²) in [4.78, 5) is 9.33. The number of likely N-dealkylation sites (tertiary alicyclic amines) is 1. The maximum Gasteiger partial charge on any atom is 0.222 e. The molecule has 5 nitrogen and oxygen atoms in total. The fraction of sp³-hybridized carbons (Fsp3) is 0.214. The summed E-state index contributed by atoms with van der Waals surface area (Å²) in [5.74, 6) is 0.510. The molecule has 3 aromatic carbocycles. The van der Waals surface area contributed by atoms with Crippen molar-refractivity contribution in [2.75, 3.05) is 20.1 Å². The minimum atomic E-state index is -3.73. The summed E-state index contributed by atoms with van der Waals surface area (Å²) in [6.07, 6.45) is 4.41. The average Bonchev–Trinajstić information content (AvgIpc) is 3.47. The molecule has 0 saturated carbocycles. The van der Waals surface area contributed by atoms with Gasteiger partial charge in [-0.2, -0.15) is 0 Å². The molecule has 0 spiro atoms. The number of rotatable bonds is 4. The van der Waals surface area contributed by atoms with Crippen LogP contribution >= 0.6 is 0 Å². The maximum absolute atomic E-state index is 13.7. The summed E-state index contributed by atoms with van der Waals surface area (Å²) in [6.45, 7) is 2.19. The van der Waals surface area contributed by atoms with Crippen molar-refractivity contribution in [3.63, 3.8) is 0 Å². The van der Waals surface area contributed by atoms with Gasteiger partial charge in [0.2, 0.25) is 9.84 Å². The van der Waals surface area contributed by atoms with Crippen LogP contribution in [-0.4, -0.2) is 43.4 Å². The Morgan fingerprint density at radius 2 is 1.59 bits per heavy atom. The van der Waals surface area contributed by atoms with Crippen LogP contribution in [0.25, 0.3) is 32.9 Å². The van der Waals surface area contributed by atoms with Gasteiger partial charge in [-0.15, -0.1) is 0 Å².